The minimum absolute atomic E-state index is 0.0855. The highest BCUT2D eigenvalue weighted by atomic mass is 79.9. The summed E-state index contributed by atoms with van der Waals surface area (Å²) in [6, 6.07) is 3.53. The molecule has 1 aromatic rings. The minimum Gasteiger partial charge on any atom is -0.375 e. The monoisotopic (exact) mass is 324 g/mol. The molecule has 2 N–H and O–H groups in total. The Morgan fingerprint density at radius 2 is 2.06 bits per heavy atom. The predicted octanol–water partition coefficient (Wildman–Crippen LogP) is 3.30. The number of nitrogens with one attached hydrogen (secondary N) is 2. The molecule has 1 rings (SSSR count). The van der Waals surface area contributed by atoms with Crippen molar-refractivity contribution < 1.29 is 4.79 Å². The van der Waals surface area contributed by atoms with Crippen LogP contribution >= 0.6 is 39.1 Å². The van der Waals surface area contributed by atoms with Crippen molar-refractivity contribution >= 4 is 50.7 Å². The highest BCUT2D eigenvalue weighted by molar-refractivity contribution is 9.10. The number of halogens is 3. The van der Waals surface area contributed by atoms with Crippen LogP contribution in [0.5, 0.6) is 0 Å². The number of likely N-dealkylation sites (N-methyl/N-ethyl adjacent to an activating group) is 1. The predicted molar refractivity (Wildman–Crippen MR) is 71.3 cm³/mol. The van der Waals surface area contributed by atoms with E-state index in [9.17, 15) is 4.79 Å². The second-order valence-corrected chi connectivity index (χ2v) is 4.64. The smallest absolute Gasteiger partial charge is 0.239 e. The summed E-state index contributed by atoms with van der Waals surface area (Å²) < 4.78 is 0.725. The summed E-state index contributed by atoms with van der Waals surface area (Å²) in [6.45, 7) is 2.64. The van der Waals surface area contributed by atoms with Crippen molar-refractivity contribution in [1.82, 2.24) is 5.32 Å². The van der Waals surface area contributed by atoms with Crippen molar-refractivity contribution in [3.8, 4) is 0 Å². The second kappa shape index (κ2) is 6.33. The van der Waals surface area contributed by atoms with E-state index in [0.29, 0.717) is 22.3 Å². The molecule has 6 heteroatoms. The lowest BCUT2D eigenvalue weighted by atomic mass is 10.3. The fourth-order valence-corrected chi connectivity index (χ4v) is 1.94. The number of rotatable bonds is 4. The lowest BCUT2D eigenvalue weighted by Gasteiger charge is -2.10. The molecule has 1 amide bonds. The Morgan fingerprint density at radius 3 is 2.69 bits per heavy atom. The molecule has 3 nitrogen and oxygen atoms in total. The number of benzene rings is 1. The standard InChI is InChI=1S/C10H11BrCl2N2O/c1-2-14-8(16)5-15-7-4-3-6(11)9(12)10(7)13/h3-4,15H,2,5H2,1H3,(H,14,16). The molecule has 0 saturated carbocycles. The first-order valence-electron chi connectivity index (χ1n) is 4.70. The van der Waals surface area contributed by atoms with Crippen molar-refractivity contribution in [1.29, 1.82) is 0 Å². The third-order valence-corrected chi connectivity index (χ3v) is 3.62. The van der Waals surface area contributed by atoms with Crippen molar-refractivity contribution in [2.45, 2.75) is 6.92 Å². The molecule has 0 heterocycles. The molecule has 0 spiro atoms. The summed E-state index contributed by atoms with van der Waals surface area (Å²) in [5.41, 5.74) is 0.640. The fraction of sp³-hybridized carbons (Fsp3) is 0.300. The molecule has 0 aliphatic heterocycles. The van der Waals surface area contributed by atoms with E-state index in [-0.39, 0.29) is 12.5 Å². The van der Waals surface area contributed by atoms with Crippen LogP contribution in [0, 0.1) is 0 Å². The van der Waals surface area contributed by atoms with Gasteiger partial charge in [0.05, 0.1) is 22.3 Å². The number of carbonyl (C=O) groups is 1. The van der Waals surface area contributed by atoms with Crippen LogP contribution in [-0.4, -0.2) is 19.0 Å². The van der Waals surface area contributed by atoms with Gasteiger partial charge in [-0.1, -0.05) is 23.2 Å². The van der Waals surface area contributed by atoms with Crippen molar-refractivity contribution in [2.75, 3.05) is 18.4 Å². The van der Waals surface area contributed by atoms with Gasteiger partial charge in [-0.05, 0) is 35.0 Å². The molecule has 1 aromatic carbocycles. The molecule has 0 radical (unpaired) electrons. The highest BCUT2D eigenvalue weighted by Gasteiger charge is 2.08. The van der Waals surface area contributed by atoms with Crippen LogP contribution in [0.1, 0.15) is 6.92 Å². The number of carbonyl (C=O) groups excluding carboxylic acids is 1. The molecule has 0 fully saturated rings. The number of amides is 1. The third kappa shape index (κ3) is 3.54. The van der Waals surface area contributed by atoms with E-state index in [1.807, 2.05) is 6.92 Å². The molecule has 0 bridgehead atoms. The Balaban J connectivity index is 2.68. The largest absolute Gasteiger partial charge is 0.375 e. The van der Waals surface area contributed by atoms with Crippen LogP contribution in [0.4, 0.5) is 5.69 Å². The maximum Gasteiger partial charge on any atom is 0.239 e. The number of hydrogen-bond donors (Lipinski definition) is 2. The van der Waals surface area contributed by atoms with Gasteiger partial charge in [-0.25, -0.2) is 0 Å². The molecule has 16 heavy (non-hydrogen) atoms. The zero-order valence-corrected chi connectivity index (χ0v) is 11.7. The third-order valence-electron chi connectivity index (χ3n) is 1.85. The first-order valence-corrected chi connectivity index (χ1v) is 6.25. The Morgan fingerprint density at radius 1 is 1.38 bits per heavy atom. The SMILES string of the molecule is CCNC(=O)CNc1ccc(Br)c(Cl)c1Cl. The number of hydrogen-bond acceptors (Lipinski definition) is 2. The van der Waals surface area contributed by atoms with E-state index in [2.05, 4.69) is 26.6 Å². The van der Waals surface area contributed by atoms with E-state index >= 15 is 0 Å². The lowest BCUT2D eigenvalue weighted by molar-refractivity contribution is -0.119. The molecule has 0 aliphatic rings. The van der Waals surface area contributed by atoms with Crippen molar-refractivity contribution in [2.24, 2.45) is 0 Å². The summed E-state index contributed by atoms with van der Waals surface area (Å²) in [7, 11) is 0. The maximum atomic E-state index is 11.2. The highest BCUT2D eigenvalue weighted by Crippen LogP contribution is 2.35. The van der Waals surface area contributed by atoms with Crippen LogP contribution in [-0.2, 0) is 4.79 Å². The molecule has 88 valence electrons. The van der Waals surface area contributed by atoms with Crippen LogP contribution < -0.4 is 10.6 Å². The maximum absolute atomic E-state index is 11.2. The zero-order chi connectivity index (χ0) is 12.1. The van der Waals surface area contributed by atoms with Gasteiger partial charge in [-0.15, -0.1) is 0 Å². The second-order valence-electron chi connectivity index (χ2n) is 3.03. The van der Waals surface area contributed by atoms with Crippen LogP contribution in [0.25, 0.3) is 0 Å². The Labute approximate surface area is 113 Å². The van der Waals surface area contributed by atoms with Gasteiger partial charge in [0, 0.05) is 11.0 Å². The van der Waals surface area contributed by atoms with Crippen LogP contribution in [0.2, 0.25) is 10.0 Å². The van der Waals surface area contributed by atoms with Gasteiger partial charge >= 0.3 is 0 Å². The van der Waals surface area contributed by atoms with Gasteiger partial charge in [-0.2, -0.15) is 0 Å². The van der Waals surface area contributed by atoms with Gasteiger partial charge in [0.1, 0.15) is 0 Å². The van der Waals surface area contributed by atoms with Gasteiger partial charge < -0.3 is 10.6 Å². The molecule has 0 saturated heterocycles. The molecule has 0 unspecified atom stereocenters. The minimum atomic E-state index is -0.0855. The van der Waals surface area contributed by atoms with E-state index < -0.39 is 0 Å². The zero-order valence-electron chi connectivity index (χ0n) is 8.61. The summed E-state index contributed by atoms with van der Waals surface area (Å²) in [5, 5.41) is 6.43. The van der Waals surface area contributed by atoms with Crippen LogP contribution in [0.15, 0.2) is 16.6 Å². The summed E-state index contributed by atoms with van der Waals surface area (Å²) in [6.07, 6.45) is 0. The topological polar surface area (TPSA) is 41.1 Å². The molecular formula is C10H11BrCl2N2O. The molecular weight excluding hydrogens is 315 g/mol. The van der Waals surface area contributed by atoms with Gasteiger partial charge in [0.2, 0.25) is 5.91 Å². The Bertz CT molecular complexity index is 399. The van der Waals surface area contributed by atoms with Crippen molar-refractivity contribution in [3.05, 3.63) is 26.7 Å². The fourth-order valence-electron chi connectivity index (χ4n) is 1.10. The van der Waals surface area contributed by atoms with Gasteiger partial charge in [-0.3, -0.25) is 4.79 Å². The number of anilines is 1. The van der Waals surface area contributed by atoms with Crippen molar-refractivity contribution in [3.63, 3.8) is 0 Å². The normalized spacial score (nSPS) is 10.0. The van der Waals surface area contributed by atoms with E-state index in [1.54, 1.807) is 12.1 Å². The van der Waals surface area contributed by atoms with Gasteiger partial charge in [0.25, 0.3) is 0 Å². The first-order chi connectivity index (χ1) is 7.56. The summed E-state index contributed by atoms with van der Waals surface area (Å²) in [5.74, 6) is -0.0855. The Kier molecular flexibility index (Phi) is 5.38. The molecule has 0 aromatic heterocycles. The average molecular weight is 326 g/mol. The quantitative estimate of drug-likeness (QED) is 0.834. The van der Waals surface area contributed by atoms with Gasteiger partial charge in [0.15, 0.2) is 0 Å². The molecule has 0 aliphatic carbocycles. The summed E-state index contributed by atoms with van der Waals surface area (Å²) in [4.78, 5) is 11.2. The van der Waals surface area contributed by atoms with E-state index in [0.717, 1.165) is 4.47 Å². The van der Waals surface area contributed by atoms with E-state index in [4.69, 9.17) is 23.2 Å². The van der Waals surface area contributed by atoms with E-state index in [1.165, 1.54) is 0 Å². The Hall–Kier alpha value is -0.450. The van der Waals surface area contributed by atoms with Crippen LogP contribution in [0.3, 0.4) is 0 Å². The lowest BCUT2D eigenvalue weighted by Crippen LogP contribution is -2.29. The summed E-state index contributed by atoms with van der Waals surface area (Å²) >= 11 is 15.2. The first kappa shape index (κ1) is 13.6. The molecule has 0 atom stereocenters. The average Bonchev–Trinajstić information content (AvgIpc) is 2.25.